The molecule has 6 heteroatoms. The molecule has 3 aromatic rings. The lowest BCUT2D eigenvalue weighted by atomic mass is 9.87. The molecule has 0 amide bonds. The maximum absolute atomic E-state index is 15.1. The van der Waals surface area contributed by atoms with E-state index >= 15 is 8.78 Å². The zero-order valence-electron chi connectivity index (χ0n) is 16.5. The molecule has 4 rings (SSSR count). The molecule has 2 heterocycles. The van der Waals surface area contributed by atoms with Crippen LogP contribution in [0, 0.1) is 17.6 Å². The number of nitrogens with one attached hydrogen (secondary N) is 1. The fourth-order valence-electron chi connectivity index (χ4n) is 4.50. The summed E-state index contributed by atoms with van der Waals surface area (Å²) in [6.45, 7) is 4.00. The number of halogens is 4. The first-order chi connectivity index (χ1) is 13.9. The molecular formula is C23H24BrF3N2. The van der Waals surface area contributed by atoms with Gasteiger partial charge < -0.3 is 4.98 Å². The van der Waals surface area contributed by atoms with E-state index in [0.717, 1.165) is 28.6 Å². The van der Waals surface area contributed by atoms with Crippen molar-refractivity contribution in [3.05, 3.63) is 69.3 Å². The van der Waals surface area contributed by atoms with Gasteiger partial charge in [-0.2, -0.15) is 0 Å². The van der Waals surface area contributed by atoms with Crippen LogP contribution < -0.4 is 0 Å². The third-order valence-corrected chi connectivity index (χ3v) is 6.56. The summed E-state index contributed by atoms with van der Waals surface area (Å²) < 4.78 is 44.0. The second-order valence-electron chi connectivity index (χ2n) is 7.93. The lowest BCUT2D eigenvalue weighted by molar-refractivity contribution is 0.109. The van der Waals surface area contributed by atoms with Gasteiger partial charge in [0, 0.05) is 39.2 Å². The number of alkyl halides is 1. The molecule has 1 aliphatic heterocycles. The third-order valence-electron chi connectivity index (χ3n) is 6.10. The first kappa shape index (κ1) is 20.5. The molecule has 154 valence electrons. The monoisotopic (exact) mass is 464 g/mol. The molecule has 0 saturated heterocycles. The number of rotatable bonds is 5. The highest BCUT2D eigenvalue weighted by molar-refractivity contribution is 9.10. The van der Waals surface area contributed by atoms with Crippen molar-refractivity contribution in [1.82, 2.24) is 9.88 Å². The molecule has 0 bridgehead atoms. The van der Waals surface area contributed by atoms with E-state index in [1.807, 2.05) is 31.2 Å². The zero-order chi connectivity index (χ0) is 20.7. The second-order valence-corrected chi connectivity index (χ2v) is 8.84. The van der Waals surface area contributed by atoms with Crippen LogP contribution in [-0.2, 0) is 6.42 Å². The van der Waals surface area contributed by atoms with Crippen LogP contribution in [0.4, 0.5) is 13.2 Å². The highest BCUT2D eigenvalue weighted by Gasteiger charge is 2.39. The van der Waals surface area contributed by atoms with Crippen molar-refractivity contribution in [2.75, 3.05) is 13.2 Å². The van der Waals surface area contributed by atoms with Crippen molar-refractivity contribution in [2.45, 2.75) is 38.8 Å². The van der Waals surface area contributed by atoms with Gasteiger partial charge in [0.2, 0.25) is 0 Å². The highest BCUT2D eigenvalue weighted by Crippen LogP contribution is 2.43. The summed E-state index contributed by atoms with van der Waals surface area (Å²) in [5.74, 6) is -1.37. The summed E-state index contributed by atoms with van der Waals surface area (Å²) in [4.78, 5) is 5.47. The Balaban J connectivity index is 1.93. The maximum Gasteiger partial charge on any atom is 0.132 e. The Morgan fingerprint density at radius 1 is 1.21 bits per heavy atom. The minimum atomic E-state index is -0.630. The minimum absolute atomic E-state index is 0.0151. The van der Waals surface area contributed by atoms with Crippen LogP contribution in [0.3, 0.4) is 0 Å². The Morgan fingerprint density at radius 2 is 1.90 bits per heavy atom. The summed E-state index contributed by atoms with van der Waals surface area (Å²) in [5, 5.41) is 1.08. The predicted octanol–water partition coefficient (Wildman–Crippen LogP) is 6.54. The summed E-state index contributed by atoms with van der Waals surface area (Å²) in [6.07, 6.45) is 1.43. The van der Waals surface area contributed by atoms with E-state index in [0.29, 0.717) is 17.4 Å². The highest BCUT2D eigenvalue weighted by atomic mass is 79.9. The molecule has 29 heavy (non-hydrogen) atoms. The molecule has 0 radical (unpaired) electrons. The quantitative estimate of drug-likeness (QED) is 0.454. The standard InChI is InChI=1S/C23H24BrF3N2/c1-3-14(11-25)12-29-13(2)8-17-16-6-4-5-7-20(16)28-22(17)23(29)21-18(26)9-15(24)10-19(21)27/h4-7,9-10,13-14,23,28H,3,8,11-12H2,1-2H3. The molecular weight excluding hydrogens is 441 g/mol. The summed E-state index contributed by atoms with van der Waals surface area (Å²) in [5.41, 5.74) is 2.86. The van der Waals surface area contributed by atoms with Crippen molar-refractivity contribution in [2.24, 2.45) is 5.92 Å². The first-order valence-electron chi connectivity index (χ1n) is 10.00. The van der Waals surface area contributed by atoms with E-state index < -0.39 is 24.4 Å². The molecule has 0 spiro atoms. The van der Waals surface area contributed by atoms with Gasteiger partial charge in [-0.1, -0.05) is 41.1 Å². The summed E-state index contributed by atoms with van der Waals surface area (Å²) in [6, 6.07) is 9.91. The van der Waals surface area contributed by atoms with Crippen molar-refractivity contribution in [1.29, 1.82) is 0 Å². The number of benzene rings is 2. The first-order valence-corrected chi connectivity index (χ1v) is 10.8. The number of hydrogen-bond acceptors (Lipinski definition) is 1. The molecule has 0 aliphatic carbocycles. The Labute approximate surface area is 177 Å². The van der Waals surface area contributed by atoms with Gasteiger partial charge in [0.25, 0.3) is 0 Å². The van der Waals surface area contributed by atoms with Gasteiger partial charge in [0.1, 0.15) is 11.6 Å². The largest absolute Gasteiger partial charge is 0.357 e. The van der Waals surface area contributed by atoms with Crippen LogP contribution in [0.1, 0.15) is 43.1 Å². The van der Waals surface area contributed by atoms with E-state index in [4.69, 9.17) is 0 Å². The van der Waals surface area contributed by atoms with E-state index in [-0.39, 0.29) is 17.5 Å². The fraction of sp³-hybridized carbons (Fsp3) is 0.391. The molecule has 1 N–H and O–H groups in total. The van der Waals surface area contributed by atoms with E-state index in [1.54, 1.807) is 0 Å². The molecule has 0 saturated carbocycles. The SMILES string of the molecule is CCC(CF)CN1C(C)Cc2c([nH]c3ccccc23)C1c1c(F)cc(Br)cc1F. The van der Waals surface area contributed by atoms with Gasteiger partial charge in [-0.3, -0.25) is 9.29 Å². The lowest BCUT2D eigenvalue weighted by Gasteiger charge is -2.42. The lowest BCUT2D eigenvalue weighted by Crippen LogP contribution is -2.45. The average Bonchev–Trinajstić information content (AvgIpc) is 3.05. The maximum atomic E-state index is 15.1. The van der Waals surface area contributed by atoms with Crippen molar-refractivity contribution >= 4 is 26.8 Å². The van der Waals surface area contributed by atoms with E-state index in [9.17, 15) is 4.39 Å². The molecule has 2 aromatic carbocycles. The summed E-state index contributed by atoms with van der Waals surface area (Å²) >= 11 is 3.17. The summed E-state index contributed by atoms with van der Waals surface area (Å²) in [7, 11) is 0. The van der Waals surface area contributed by atoms with Crippen molar-refractivity contribution < 1.29 is 13.2 Å². The predicted molar refractivity (Wildman–Crippen MR) is 114 cm³/mol. The molecule has 0 fully saturated rings. The molecule has 1 aromatic heterocycles. The zero-order valence-corrected chi connectivity index (χ0v) is 18.1. The molecule has 3 atom stereocenters. The average molecular weight is 465 g/mol. The van der Waals surface area contributed by atoms with Gasteiger partial charge >= 0.3 is 0 Å². The van der Waals surface area contributed by atoms with Gasteiger partial charge in [0.15, 0.2) is 0 Å². The van der Waals surface area contributed by atoms with Gasteiger partial charge in [-0.15, -0.1) is 0 Å². The van der Waals surface area contributed by atoms with Crippen LogP contribution >= 0.6 is 15.9 Å². The van der Waals surface area contributed by atoms with E-state index in [1.165, 1.54) is 12.1 Å². The van der Waals surface area contributed by atoms with Gasteiger partial charge in [-0.25, -0.2) is 8.78 Å². The van der Waals surface area contributed by atoms with Crippen LogP contribution in [0.5, 0.6) is 0 Å². The van der Waals surface area contributed by atoms with Gasteiger partial charge in [-0.05, 0) is 49.4 Å². The number of aromatic amines is 1. The number of H-pyrrole nitrogens is 1. The molecule has 2 nitrogen and oxygen atoms in total. The van der Waals surface area contributed by atoms with E-state index in [2.05, 4.69) is 32.7 Å². The van der Waals surface area contributed by atoms with Gasteiger partial charge in [0.05, 0.1) is 12.7 Å². The normalized spacial score (nSPS) is 20.8. The topological polar surface area (TPSA) is 19.0 Å². The van der Waals surface area contributed by atoms with Crippen LogP contribution in [0.25, 0.3) is 10.9 Å². The van der Waals surface area contributed by atoms with Crippen LogP contribution in [0.2, 0.25) is 0 Å². The Bertz CT molecular complexity index is 1010. The smallest absolute Gasteiger partial charge is 0.132 e. The van der Waals surface area contributed by atoms with Crippen molar-refractivity contribution in [3.8, 4) is 0 Å². The number of fused-ring (bicyclic) bond motifs is 3. The van der Waals surface area contributed by atoms with Crippen molar-refractivity contribution in [3.63, 3.8) is 0 Å². The van der Waals surface area contributed by atoms with Crippen LogP contribution in [-0.4, -0.2) is 29.1 Å². The Kier molecular flexibility index (Phi) is 5.76. The number of aromatic nitrogens is 1. The number of hydrogen-bond donors (Lipinski definition) is 1. The number of para-hydroxylation sites is 1. The van der Waals surface area contributed by atoms with Crippen LogP contribution in [0.15, 0.2) is 40.9 Å². The molecule has 1 aliphatic rings. The Morgan fingerprint density at radius 3 is 2.55 bits per heavy atom. The minimum Gasteiger partial charge on any atom is -0.357 e. The molecule has 3 unspecified atom stereocenters. The third kappa shape index (κ3) is 3.61. The fourth-order valence-corrected chi connectivity index (χ4v) is 4.90. The Hall–Kier alpha value is -1.79. The number of nitrogens with zero attached hydrogens (tertiary/aromatic N) is 1. The second kappa shape index (κ2) is 8.15.